The van der Waals surface area contributed by atoms with Crippen molar-refractivity contribution < 1.29 is 0 Å². The van der Waals surface area contributed by atoms with E-state index in [0.717, 1.165) is 28.0 Å². The van der Waals surface area contributed by atoms with E-state index in [2.05, 4.69) is 59.7 Å². The van der Waals surface area contributed by atoms with Crippen molar-refractivity contribution in [1.29, 1.82) is 0 Å². The maximum atomic E-state index is 4.53. The van der Waals surface area contributed by atoms with E-state index in [1.165, 1.54) is 0 Å². The van der Waals surface area contributed by atoms with Crippen LogP contribution in [0.5, 0.6) is 0 Å². The van der Waals surface area contributed by atoms with Gasteiger partial charge >= 0.3 is 0 Å². The number of imidazole rings is 1. The van der Waals surface area contributed by atoms with Crippen LogP contribution in [0.2, 0.25) is 0 Å². The molecule has 2 heterocycles. The van der Waals surface area contributed by atoms with Crippen LogP contribution in [0, 0.1) is 0 Å². The van der Waals surface area contributed by atoms with Gasteiger partial charge in [0.05, 0.1) is 17.4 Å². The standard InChI is InChI=1S/C16H17N3/c1-11(2)16-18-10-14(19(16)3)13-8-4-6-12-7-5-9-17-15(12)13/h4-11H,1-3H3. The molecular formula is C16H17N3. The molecule has 0 spiro atoms. The van der Waals surface area contributed by atoms with E-state index >= 15 is 0 Å². The number of benzene rings is 1. The summed E-state index contributed by atoms with van der Waals surface area (Å²) in [6.07, 6.45) is 3.78. The third-order valence-electron chi connectivity index (χ3n) is 3.45. The van der Waals surface area contributed by atoms with Crippen LogP contribution in [0.15, 0.2) is 42.7 Å². The Morgan fingerprint density at radius 3 is 2.58 bits per heavy atom. The summed E-state index contributed by atoms with van der Waals surface area (Å²) in [4.78, 5) is 9.05. The first-order chi connectivity index (χ1) is 9.18. The van der Waals surface area contributed by atoms with Crippen molar-refractivity contribution in [3.63, 3.8) is 0 Å². The molecule has 3 heteroatoms. The highest BCUT2D eigenvalue weighted by Gasteiger charge is 2.13. The monoisotopic (exact) mass is 251 g/mol. The summed E-state index contributed by atoms with van der Waals surface area (Å²) >= 11 is 0. The average Bonchev–Trinajstić information content (AvgIpc) is 2.80. The summed E-state index contributed by atoms with van der Waals surface area (Å²) in [6.45, 7) is 4.32. The summed E-state index contributed by atoms with van der Waals surface area (Å²) in [5.41, 5.74) is 3.29. The van der Waals surface area contributed by atoms with E-state index in [9.17, 15) is 0 Å². The van der Waals surface area contributed by atoms with Crippen LogP contribution in [0.3, 0.4) is 0 Å². The van der Waals surface area contributed by atoms with E-state index in [1.807, 2.05) is 18.5 Å². The number of hydrogen-bond acceptors (Lipinski definition) is 2. The zero-order valence-corrected chi connectivity index (χ0v) is 11.5. The topological polar surface area (TPSA) is 30.7 Å². The normalized spacial score (nSPS) is 11.4. The van der Waals surface area contributed by atoms with Crippen LogP contribution in [0.4, 0.5) is 0 Å². The fraction of sp³-hybridized carbons (Fsp3) is 0.250. The molecule has 0 aliphatic heterocycles. The van der Waals surface area contributed by atoms with Crippen molar-refractivity contribution in [2.75, 3.05) is 0 Å². The number of nitrogens with zero attached hydrogens (tertiary/aromatic N) is 3. The van der Waals surface area contributed by atoms with Crippen LogP contribution < -0.4 is 0 Å². The quantitative estimate of drug-likeness (QED) is 0.694. The zero-order valence-electron chi connectivity index (χ0n) is 11.5. The highest BCUT2D eigenvalue weighted by molar-refractivity contribution is 5.92. The molecular weight excluding hydrogens is 234 g/mol. The minimum Gasteiger partial charge on any atom is -0.331 e. The van der Waals surface area contributed by atoms with Crippen molar-refractivity contribution in [2.24, 2.45) is 7.05 Å². The molecule has 96 valence electrons. The van der Waals surface area contributed by atoms with Crippen molar-refractivity contribution in [1.82, 2.24) is 14.5 Å². The van der Waals surface area contributed by atoms with Crippen molar-refractivity contribution in [2.45, 2.75) is 19.8 Å². The Labute approximate surface area is 112 Å². The first-order valence-electron chi connectivity index (χ1n) is 6.54. The SMILES string of the molecule is CC(C)c1ncc(-c2cccc3cccnc23)n1C. The van der Waals surface area contributed by atoms with Gasteiger partial charge in [-0.1, -0.05) is 38.1 Å². The summed E-state index contributed by atoms with van der Waals surface area (Å²) < 4.78 is 2.16. The minimum absolute atomic E-state index is 0.418. The molecule has 3 aromatic rings. The second kappa shape index (κ2) is 4.50. The van der Waals surface area contributed by atoms with Crippen LogP contribution in [0.1, 0.15) is 25.6 Å². The van der Waals surface area contributed by atoms with Crippen molar-refractivity contribution in [3.05, 3.63) is 48.5 Å². The molecule has 0 aliphatic carbocycles. The van der Waals surface area contributed by atoms with Gasteiger partial charge in [-0.25, -0.2) is 4.98 Å². The Morgan fingerprint density at radius 2 is 1.84 bits per heavy atom. The molecule has 3 nitrogen and oxygen atoms in total. The maximum Gasteiger partial charge on any atom is 0.111 e. The lowest BCUT2D eigenvalue weighted by Gasteiger charge is -2.09. The molecule has 0 radical (unpaired) electrons. The molecule has 1 aromatic carbocycles. The molecule has 3 rings (SSSR count). The van der Waals surface area contributed by atoms with Gasteiger partial charge < -0.3 is 4.57 Å². The van der Waals surface area contributed by atoms with Crippen LogP contribution in [-0.4, -0.2) is 14.5 Å². The zero-order chi connectivity index (χ0) is 13.4. The van der Waals surface area contributed by atoms with Gasteiger partial charge in [0.15, 0.2) is 0 Å². The summed E-state index contributed by atoms with van der Waals surface area (Å²) in [5, 5.41) is 1.16. The Hall–Kier alpha value is -2.16. The number of pyridine rings is 1. The second-order valence-electron chi connectivity index (χ2n) is 5.10. The predicted octanol–water partition coefficient (Wildman–Crippen LogP) is 3.76. The van der Waals surface area contributed by atoms with E-state index in [-0.39, 0.29) is 0 Å². The molecule has 0 saturated carbocycles. The number of hydrogen-bond donors (Lipinski definition) is 0. The van der Waals surface area contributed by atoms with Crippen LogP contribution in [0.25, 0.3) is 22.2 Å². The second-order valence-corrected chi connectivity index (χ2v) is 5.10. The highest BCUT2D eigenvalue weighted by Crippen LogP contribution is 2.28. The minimum atomic E-state index is 0.418. The summed E-state index contributed by atoms with van der Waals surface area (Å²) in [7, 11) is 2.07. The number of fused-ring (bicyclic) bond motifs is 1. The van der Waals surface area contributed by atoms with Crippen molar-refractivity contribution >= 4 is 10.9 Å². The van der Waals surface area contributed by atoms with Gasteiger partial charge in [0, 0.05) is 30.1 Å². The summed E-state index contributed by atoms with van der Waals surface area (Å²) in [5.74, 6) is 1.52. The van der Waals surface area contributed by atoms with Gasteiger partial charge in [-0.3, -0.25) is 4.98 Å². The van der Waals surface area contributed by atoms with E-state index < -0.39 is 0 Å². The summed E-state index contributed by atoms with van der Waals surface area (Å²) in [6, 6.07) is 10.3. The lowest BCUT2D eigenvalue weighted by molar-refractivity contribution is 0.714. The first-order valence-corrected chi connectivity index (χ1v) is 6.54. The first kappa shape index (κ1) is 11.9. The molecule has 0 N–H and O–H groups in total. The smallest absolute Gasteiger partial charge is 0.111 e. The Bertz CT molecular complexity index is 720. The number of para-hydroxylation sites is 1. The van der Waals surface area contributed by atoms with Gasteiger partial charge in [0.1, 0.15) is 5.82 Å². The van der Waals surface area contributed by atoms with Gasteiger partial charge in [-0.05, 0) is 6.07 Å². The molecule has 0 fully saturated rings. The molecule has 19 heavy (non-hydrogen) atoms. The lowest BCUT2D eigenvalue weighted by atomic mass is 10.1. The largest absolute Gasteiger partial charge is 0.331 e. The predicted molar refractivity (Wildman–Crippen MR) is 78.0 cm³/mol. The Balaban J connectivity index is 2.25. The van der Waals surface area contributed by atoms with Crippen molar-refractivity contribution in [3.8, 4) is 11.3 Å². The fourth-order valence-electron chi connectivity index (χ4n) is 2.52. The lowest BCUT2D eigenvalue weighted by Crippen LogP contribution is -2.01. The van der Waals surface area contributed by atoms with Crippen LogP contribution in [-0.2, 0) is 7.05 Å². The molecule has 0 aliphatic rings. The van der Waals surface area contributed by atoms with Gasteiger partial charge in [-0.2, -0.15) is 0 Å². The molecule has 0 unspecified atom stereocenters. The highest BCUT2D eigenvalue weighted by atomic mass is 15.1. The Morgan fingerprint density at radius 1 is 1.05 bits per heavy atom. The van der Waals surface area contributed by atoms with E-state index in [0.29, 0.717) is 5.92 Å². The molecule has 0 bridgehead atoms. The molecule has 0 amide bonds. The van der Waals surface area contributed by atoms with E-state index in [1.54, 1.807) is 0 Å². The fourth-order valence-corrected chi connectivity index (χ4v) is 2.52. The molecule has 0 saturated heterocycles. The maximum absolute atomic E-state index is 4.53. The molecule has 2 aromatic heterocycles. The number of aromatic nitrogens is 3. The van der Waals surface area contributed by atoms with Crippen LogP contribution >= 0.6 is 0 Å². The Kier molecular flexibility index (Phi) is 2.82. The van der Waals surface area contributed by atoms with Gasteiger partial charge in [0.2, 0.25) is 0 Å². The molecule has 0 atom stereocenters. The van der Waals surface area contributed by atoms with Gasteiger partial charge in [0.25, 0.3) is 0 Å². The average molecular weight is 251 g/mol. The number of rotatable bonds is 2. The third-order valence-corrected chi connectivity index (χ3v) is 3.45. The van der Waals surface area contributed by atoms with E-state index in [4.69, 9.17) is 0 Å². The third kappa shape index (κ3) is 1.91. The van der Waals surface area contributed by atoms with Gasteiger partial charge in [-0.15, -0.1) is 0 Å².